The Kier molecular flexibility index (Phi) is 2.79. The maximum absolute atomic E-state index is 4.54. The molecule has 0 aromatic carbocycles. The molecule has 1 aliphatic rings. The molecule has 0 saturated heterocycles. The van der Waals surface area contributed by atoms with Gasteiger partial charge in [0.1, 0.15) is 0 Å². The Bertz CT molecular complexity index is 189. The van der Waals surface area contributed by atoms with Crippen molar-refractivity contribution in [2.45, 2.75) is 32.2 Å². The molecule has 0 radical (unpaired) electrons. The highest BCUT2D eigenvalue weighted by atomic mass is 32.1. The third-order valence-electron chi connectivity index (χ3n) is 1.88. The molecule has 0 spiro atoms. The highest BCUT2D eigenvalue weighted by molar-refractivity contribution is 7.78. The zero-order chi connectivity index (χ0) is 7.40. The Labute approximate surface area is 66.9 Å². The number of allylic oxidation sites excluding steroid dienone is 1. The predicted octanol–water partition coefficient (Wildman–Crippen LogP) is 2.59. The van der Waals surface area contributed by atoms with Gasteiger partial charge in [0.15, 0.2) is 0 Å². The first-order valence-electron chi connectivity index (χ1n) is 3.58. The van der Waals surface area contributed by atoms with Gasteiger partial charge in [0, 0.05) is 0 Å². The van der Waals surface area contributed by atoms with Crippen molar-refractivity contribution in [3.63, 3.8) is 0 Å². The van der Waals surface area contributed by atoms with Gasteiger partial charge in [-0.2, -0.15) is 0 Å². The van der Waals surface area contributed by atoms with Crippen LogP contribution in [0.2, 0.25) is 0 Å². The second kappa shape index (κ2) is 3.65. The SMILES string of the molecule is CC1=CCCC[C@@H]1N=C=S. The lowest BCUT2D eigenvalue weighted by Crippen LogP contribution is -2.09. The van der Waals surface area contributed by atoms with E-state index < -0.39 is 0 Å². The van der Waals surface area contributed by atoms with Gasteiger partial charge in [-0.25, -0.2) is 4.99 Å². The van der Waals surface area contributed by atoms with Gasteiger partial charge in [-0.15, -0.1) is 0 Å². The number of hydrogen-bond acceptors (Lipinski definition) is 2. The molecule has 0 aromatic rings. The van der Waals surface area contributed by atoms with Crippen LogP contribution in [0.1, 0.15) is 26.2 Å². The molecule has 0 fully saturated rings. The minimum atomic E-state index is 0.339. The van der Waals surface area contributed by atoms with Crippen LogP contribution in [0.25, 0.3) is 0 Å². The molecule has 1 atom stereocenters. The van der Waals surface area contributed by atoms with Gasteiger partial charge in [0.25, 0.3) is 0 Å². The summed E-state index contributed by atoms with van der Waals surface area (Å²) in [6.45, 7) is 2.11. The largest absolute Gasteiger partial charge is 0.225 e. The van der Waals surface area contributed by atoms with Crippen LogP contribution in [0, 0.1) is 0 Å². The number of aliphatic imine (C=N–C) groups is 1. The molecule has 0 aromatic heterocycles. The quantitative estimate of drug-likeness (QED) is 0.320. The summed E-state index contributed by atoms with van der Waals surface area (Å²) in [5.74, 6) is 0. The summed E-state index contributed by atoms with van der Waals surface area (Å²) in [6, 6.07) is 0.339. The zero-order valence-electron chi connectivity index (χ0n) is 6.13. The van der Waals surface area contributed by atoms with Gasteiger partial charge in [-0.05, 0) is 38.4 Å². The minimum absolute atomic E-state index is 0.339. The fourth-order valence-corrected chi connectivity index (χ4v) is 1.36. The Balaban J connectivity index is 2.66. The first-order valence-corrected chi connectivity index (χ1v) is 3.99. The molecule has 0 saturated carbocycles. The maximum atomic E-state index is 4.54. The van der Waals surface area contributed by atoms with Gasteiger partial charge in [-0.3, -0.25) is 0 Å². The normalized spacial score (nSPS) is 24.9. The molecule has 0 amide bonds. The van der Waals surface area contributed by atoms with Crippen molar-refractivity contribution in [1.29, 1.82) is 0 Å². The number of nitrogens with zero attached hydrogens (tertiary/aromatic N) is 1. The van der Waals surface area contributed by atoms with Crippen LogP contribution >= 0.6 is 12.2 Å². The number of rotatable bonds is 1. The van der Waals surface area contributed by atoms with Crippen molar-refractivity contribution in [2.24, 2.45) is 4.99 Å². The van der Waals surface area contributed by atoms with E-state index >= 15 is 0 Å². The maximum Gasteiger partial charge on any atom is 0.0809 e. The first kappa shape index (κ1) is 7.64. The van der Waals surface area contributed by atoms with Crippen LogP contribution in [0.5, 0.6) is 0 Å². The van der Waals surface area contributed by atoms with E-state index in [1.165, 1.54) is 18.4 Å². The van der Waals surface area contributed by atoms with E-state index in [1.54, 1.807) is 0 Å². The van der Waals surface area contributed by atoms with Crippen molar-refractivity contribution in [3.8, 4) is 0 Å². The monoisotopic (exact) mass is 153 g/mol. The smallest absolute Gasteiger partial charge is 0.0809 e. The predicted molar refractivity (Wildman–Crippen MR) is 46.4 cm³/mol. The number of isothiocyanates is 1. The van der Waals surface area contributed by atoms with Crippen LogP contribution in [0.15, 0.2) is 16.6 Å². The molecule has 10 heavy (non-hydrogen) atoms. The van der Waals surface area contributed by atoms with E-state index in [9.17, 15) is 0 Å². The van der Waals surface area contributed by atoms with Crippen LogP contribution < -0.4 is 0 Å². The third-order valence-corrected chi connectivity index (χ3v) is 1.99. The summed E-state index contributed by atoms with van der Waals surface area (Å²) >= 11 is 4.54. The van der Waals surface area contributed by atoms with E-state index in [2.05, 4.69) is 35.4 Å². The Morgan fingerprint density at radius 1 is 1.80 bits per heavy atom. The molecular weight excluding hydrogens is 142 g/mol. The molecule has 0 aliphatic heterocycles. The molecule has 1 aliphatic carbocycles. The Morgan fingerprint density at radius 2 is 2.60 bits per heavy atom. The third kappa shape index (κ3) is 1.76. The van der Waals surface area contributed by atoms with Crippen molar-refractivity contribution >= 4 is 17.4 Å². The van der Waals surface area contributed by atoms with Crippen molar-refractivity contribution < 1.29 is 0 Å². The average molecular weight is 153 g/mol. The molecule has 1 rings (SSSR count). The van der Waals surface area contributed by atoms with Crippen molar-refractivity contribution in [2.75, 3.05) is 0 Å². The van der Waals surface area contributed by atoms with E-state index in [1.807, 2.05) is 0 Å². The van der Waals surface area contributed by atoms with E-state index in [4.69, 9.17) is 0 Å². The zero-order valence-corrected chi connectivity index (χ0v) is 6.95. The van der Waals surface area contributed by atoms with E-state index in [-0.39, 0.29) is 0 Å². The molecule has 0 heterocycles. The molecular formula is C8H11NS. The van der Waals surface area contributed by atoms with Gasteiger partial charge in [0.05, 0.1) is 11.2 Å². The lowest BCUT2D eigenvalue weighted by molar-refractivity contribution is 0.619. The topological polar surface area (TPSA) is 12.4 Å². The summed E-state index contributed by atoms with van der Waals surface area (Å²) in [5.41, 5.74) is 1.35. The van der Waals surface area contributed by atoms with Gasteiger partial charge >= 0.3 is 0 Å². The first-order chi connectivity index (χ1) is 4.84. The molecule has 0 bridgehead atoms. The van der Waals surface area contributed by atoms with Crippen LogP contribution in [0.4, 0.5) is 0 Å². The standard InChI is InChI=1S/C8H11NS/c1-7-4-2-3-5-8(7)9-6-10/h4,8H,2-3,5H2,1H3/t8-/m0/s1. The minimum Gasteiger partial charge on any atom is -0.225 e. The Morgan fingerprint density at radius 3 is 3.20 bits per heavy atom. The summed E-state index contributed by atoms with van der Waals surface area (Å²) in [7, 11) is 0. The molecule has 54 valence electrons. The molecule has 0 unspecified atom stereocenters. The lowest BCUT2D eigenvalue weighted by atomic mass is 9.96. The average Bonchev–Trinajstić information content (AvgIpc) is 1.94. The number of hydrogen-bond donors (Lipinski definition) is 0. The fraction of sp³-hybridized carbons (Fsp3) is 0.625. The summed E-state index contributed by atoms with van der Waals surface area (Å²) in [5, 5.41) is 2.44. The summed E-state index contributed by atoms with van der Waals surface area (Å²) in [4.78, 5) is 4.06. The molecule has 2 heteroatoms. The summed E-state index contributed by atoms with van der Waals surface area (Å²) < 4.78 is 0. The van der Waals surface area contributed by atoms with Crippen LogP contribution in [0.3, 0.4) is 0 Å². The van der Waals surface area contributed by atoms with Gasteiger partial charge in [0.2, 0.25) is 0 Å². The van der Waals surface area contributed by atoms with Gasteiger partial charge < -0.3 is 0 Å². The van der Waals surface area contributed by atoms with Gasteiger partial charge in [-0.1, -0.05) is 11.6 Å². The second-order valence-corrected chi connectivity index (χ2v) is 2.80. The highest BCUT2D eigenvalue weighted by Gasteiger charge is 2.11. The Hall–Kier alpha value is -0.460. The second-order valence-electron chi connectivity index (χ2n) is 2.62. The van der Waals surface area contributed by atoms with Crippen LogP contribution in [-0.2, 0) is 0 Å². The number of thiocarbonyl (C=S) groups is 1. The highest BCUT2D eigenvalue weighted by Crippen LogP contribution is 2.19. The van der Waals surface area contributed by atoms with Crippen molar-refractivity contribution in [3.05, 3.63) is 11.6 Å². The van der Waals surface area contributed by atoms with Crippen molar-refractivity contribution in [1.82, 2.24) is 0 Å². The summed E-state index contributed by atoms with van der Waals surface area (Å²) in [6.07, 6.45) is 5.83. The van der Waals surface area contributed by atoms with E-state index in [0.717, 1.165) is 6.42 Å². The lowest BCUT2D eigenvalue weighted by Gasteiger charge is -2.15. The van der Waals surface area contributed by atoms with Crippen LogP contribution in [-0.4, -0.2) is 11.2 Å². The van der Waals surface area contributed by atoms with E-state index in [0.29, 0.717) is 6.04 Å². The molecule has 1 nitrogen and oxygen atoms in total. The molecule has 0 N–H and O–H groups in total. The fourth-order valence-electron chi connectivity index (χ4n) is 1.23.